The molecular weight excluding hydrogens is 190 g/mol. The van der Waals surface area contributed by atoms with Crippen molar-refractivity contribution < 1.29 is 10.2 Å². The van der Waals surface area contributed by atoms with Gasteiger partial charge in [-0.05, 0) is 31.8 Å². The molecule has 86 valence electrons. The van der Waals surface area contributed by atoms with E-state index < -0.39 is 6.10 Å². The third-order valence-corrected chi connectivity index (χ3v) is 1.79. The number of benzene rings is 1. The molecule has 0 aliphatic carbocycles. The van der Waals surface area contributed by atoms with Gasteiger partial charge in [-0.15, -0.1) is 0 Å². The van der Waals surface area contributed by atoms with Gasteiger partial charge in [0.2, 0.25) is 0 Å². The number of nitrogens with zero attached hydrogens (tertiary/aromatic N) is 1. The van der Waals surface area contributed by atoms with Crippen molar-refractivity contribution in [3.8, 4) is 5.75 Å². The van der Waals surface area contributed by atoms with Crippen LogP contribution < -0.4 is 0 Å². The largest absolute Gasteiger partial charge is 0.508 e. The van der Waals surface area contributed by atoms with Crippen LogP contribution in [0.3, 0.4) is 0 Å². The van der Waals surface area contributed by atoms with Crippen LogP contribution in [0.2, 0.25) is 0 Å². The molecule has 1 atom stereocenters. The summed E-state index contributed by atoms with van der Waals surface area (Å²) >= 11 is 0. The lowest BCUT2D eigenvalue weighted by molar-refractivity contribution is 0.138. The van der Waals surface area contributed by atoms with E-state index >= 15 is 0 Å². The lowest BCUT2D eigenvalue weighted by Gasteiger charge is -2.16. The second-order valence-corrected chi connectivity index (χ2v) is 3.37. The zero-order valence-corrected chi connectivity index (χ0v) is 9.94. The number of hydrogen-bond acceptors (Lipinski definition) is 3. The van der Waals surface area contributed by atoms with E-state index in [1.54, 1.807) is 24.3 Å². The molecule has 0 radical (unpaired) electrons. The average molecular weight is 211 g/mol. The molecule has 0 saturated heterocycles. The number of phenolic OH excluding ortho intramolecular Hbond substituents is 1. The molecule has 0 aliphatic heterocycles. The summed E-state index contributed by atoms with van der Waals surface area (Å²) in [5.74, 6) is 0.190. The zero-order chi connectivity index (χ0) is 11.8. The lowest BCUT2D eigenvalue weighted by Crippen LogP contribution is -2.19. The van der Waals surface area contributed by atoms with Crippen molar-refractivity contribution in [2.24, 2.45) is 0 Å². The Labute approximate surface area is 92.0 Å². The fourth-order valence-corrected chi connectivity index (χ4v) is 1.18. The molecule has 15 heavy (non-hydrogen) atoms. The first-order chi connectivity index (χ1) is 7.09. The van der Waals surface area contributed by atoms with E-state index in [2.05, 4.69) is 0 Å². The maximum Gasteiger partial charge on any atom is 0.115 e. The highest BCUT2D eigenvalue weighted by Crippen LogP contribution is 2.18. The van der Waals surface area contributed by atoms with Gasteiger partial charge in [-0.1, -0.05) is 26.0 Å². The van der Waals surface area contributed by atoms with E-state index in [9.17, 15) is 10.2 Å². The second kappa shape index (κ2) is 7.26. The van der Waals surface area contributed by atoms with Gasteiger partial charge >= 0.3 is 0 Å². The topological polar surface area (TPSA) is 43.7 Å². The van der Waals surface area contributed by atoms with Crippen LogP contribution in [0.5, 0.6) is 5.75 Å². The number of aliphatic hydroxyl groups excluding tert-OH is 1. The van der Waals surface area contributed by atoms with Gasteiger partial charge in [0, 0.05) is 6.54 Å². The van der Waals surface area contributed by atoms with Crippen LogP contribution in [0.25, 0.3) is 0 Å². The summed E-state index contributed by atoms with van der Waals surface area (Å²) in [5.41, 5.74) is 0.744. The number of rotatable bonds is 3. The van der Waals surface area contributed by atoms with Crippen molar-refractivity contribution in [2.45, 2.75) is 20.0 Å². The van der Waals surface area contributed by atoms with Crippen LogP contribution in [0.4, 0.5) is 0 Å². The van der Waals surface area contributed by atoms with Gasteiger partial charge in [-0.3, -0.25) is 0 Å². The molecule has 2 N–H and O–H groups in total. The monoisotopic (exact) mass is 211 g/mol. The maximum absolute atomic E-state index is 9.66. The first-order valence-electron chi connectivity index (χ1n) is 5.21. The molecule has 0 aliphatic rings. The molecule has 0 fully saturated rings. The summed E-state index contributed by atoms with van der Waals surface area (Å²) in [4.78, 5) is 1.90. The van der Waals surface area contributed by atoms with E-state index in [0.717, 1.165) is 5.56 Å². The molecule has 1 aromatic carbocycles. The first kappa shape index (κ1) is 13.9. The average Bonchev–Trinajstić information content (AvgIpc) is 2.20. The Kier molecular flexibility index (Phi) is 6.75. The Bertz CT molecular complexity index is 274. The molecule has 3 heteroatoms. The maximum atomic E-state index is 9.66. The summed E-state index contributed by atoms with van der Waals surface area (Å²) in [6.07, 6.45) is -0.540. The zero-order valence-electron chi connectivity index (χ0n) is 9.94. The third-order valence-electron chi connectivity index (χ3n) is 1.79. The molecule has 0 saturated carbocycles. The number of hydrogen-bond donors (Lipinski definition) is 2. The summed E-state index contributed by atoms with van der Waals surface area (Å²) < 4.78 is 0. The van der Waals surface area contributed by atoms with E-state index in [0.29, 0.717) is 6.54 Å². The summed E-state index contributed by atoms with van der Waals surface area (Å²) in [7, 11) is 3.79. The quantitative estimate of drug-likeness (QED) is 0.804. The summed E-state index contributed by atoms with van der Waals surface area (Å²) in [6.45, 7) is 4.56. The van der Waals surface area contributed by atoms with Crippen LogP contribution in [0.1, 0.15) is 25.5 Å². The van der Waals surface area contributed by atoms with Crippen LogP contribution in [-0.2, 0) is 0 Å². The van der Waals surface area contributed by atoms with E-state index in [1.807, 2.05) is 32.8 Å². The Balaban J connectivity index is 0.000000921. The lowest BCUT2D eigenvalue weighted by atomic mass is 10.1. The van der Waals surface area contributed by atoms with Crippen molar-refractivity contribution in [3.63, 3.8) is 0 Å². The molecule has 0 aromatic heterocycles. The highest BCUT2D eigenvalue weighted by molar-refractivity contribution is 5.28. The molecular formula is C12H21NO2. The fourth-order valence-electron chi connectivity index (χ4n) is 1.18. The molecule has 1 aromatic rings. The standard InChI is InChI=1S/C10H15NO2.C2H6/c1-11(2)7-10(13)8-4-3-5-9(12)6-8;1-2/h3-6,10,12-13H,7H2,1-2H3;1-2H3. The van der Waals surface area contributed by atoms with Gasteiger partial charge in [0.15, 0.2) is 0 Å². The predicted molar refractivity (Wildman–Crippen MR) is 63.0 cm³/mol. The van der Waals surface area contributed by atoms with Gasteiger partial charge in [-0.2, -0.15) is 0 Å². The molecule has 1 rings (SSSR count). The summed E-state index contributed by atoms with van der Waals surface area (Å²) in [5, 5.41) is 18.8. The van der Waals surface area contributed by atoms with E-state index in [-0.39, 0.29) is 5.75 Å². The third kappa shape index (κ3) is 5.40. The Morgan fingerprint density at radius 2 is 1.87 bits per heavy atom. The van der Waals surface area contributed by atoms with Crippen molar-refractivity contribution in [3.05, 3.63) is 29.8 Å². The van der Waals surface area contributed by atoms with Crippen LogP contribution in [0, 0.1) is 0 Å². The Morgan fingerprint density at radius 1 is 1.27 bits per heavy atom. The number of aliphatic hydroxyl groups is 1. The highest BCUT2D eigenvalue weighted by Gasteiger charge is 2.08. The fraction of sp³-hybridized carbons (Fsp3) is 0.500. The van der Waals surface area contributed by atoms with Gasteiger partial charge in [0.05, 0.1) is 6.10 Å². The second-order valence-electron chi connectivity index (χ2n) is 3.37. The van der Waals surface area contributed by atoms with Crippen molar-refractivity contribution in [2.75, 3.05) is 20.6 Å². The van der Waals surface area contributed by atoms with Crippen LogP contribution in [0.15, 0.2) is 24.3 Å². The smallest absolute Gasteiger partial charge is 0.115 e. The SMILES string of the molecule is CC.CN(C)CC(O)c1cccc(O)c1. The number of likely N-dealkylation sites (N-methyl/N-ethyl adjacent to an activating group) is 1. The van der Waals surface area contributed by atoms with Gasteiger partial charge in [-0.25, -0.2) is 0 Å². The van der Waals surface area contributed by atoms with Crippen LogP contribution in [-0.4, -0.2) is 35.8 Å². The van der Waals surface area contributed by atoms with Gasteiger partial charge in [0.25, 0.3) is 0 Å². The van der Waals surface area contributed by atoms with E-state index in [1.165, 1.54) is 0 Å². The molecule has 1 unspecified atom stereocenters. The minimum absolute atomic E-state index is 0.190. The Hall–Kier alpha value is -1.06. The molecule has 3 nitrogen and oxygen atoms in total. The highest BCUT2D eigenvalue weighted by atomic mass is 16.3. The van der Waals surface area contributed by atoms with Crippen LogP contribution >= 0.6 is 0 Å². The van der Waals surface area contributed by atoms with Crippen molar-refractivity contribution >= 4 is 0 Å². The normalized spacial score (nSPS) is 11.9. The minimum Gasteiger partial charge on any atom is -0.508 e. The predicted octanol–water partition coefficient (Wildman–Crippen LogP) is 2.01. The minimum atomic E-state index is -0.540. The molecule has 0 amide bonds. The Morgan fingerprint density at radius 3 is 2.33 bits per heavy atom. The first-order valence-corrected chi connectivity index (χ1v) is 5.21. The van der Waals surface area contributed by atoms with Gasteiger partial charge in [0.1, 0.15) is 5.75 Å². The van der Waals surface area contributed by atoms with Gasteiger partial charge < -0.3 is 15.1 Å². The van der Waals surface area contributed by atoms with Crippen molar-refractivity contribution in [1.29, 1.82) is 0 Å². The summed E-state index contributed by atoms with van der Waals surface area (Å²) in [6, 6.07) is 6.69. The number of aromatic hydroxyl groups is 1. The van der Waals surface area contributed by atoms with Crippen molar-refractivity contribution in [1.82, 2.24) is 4.90 Å². The van der Waals surface area contributed by atoms with E-state index in [4.69, 9.17) is 0 Å². The molecule has 0 spiro atoms. The molecule has 0 bridgehead atoms. The number of phenols is 1. The molecule has 0 heterocycles.